The third kappa shape index (κ3) is 5.01. The van der Waals surface area contributed by atoms with E-state index in [-0.39, 0.29) is 6.61 Å². The predicted molar refractivity (Wildman–Crippen MR) is 101 cm³/mol. The molecule has 3 aromatic rings. The minimum Gasteiger partial charge on any atom is -0.497 e. The lowest BCUT2D eigenvalue weighted by molar-refractivity contribution is 0.107. The van der Waals surface area contributed by atoms with Crippen LogP contribution in [0.2, 0.25) is 0 Å². The Morgan fingerprint density at radius 3 is 2.23 bits per heavy atom. The molecule has 0 aliphatic heterocycles. The van der Waals surface area contributed by atoms with Gasteiger partial charge in [-0.05, 0) is 35.4 Å². The highest BCUT2D eigenvalue weighted by atomic mass is 16.5. The van der Waals surface area contributed by atoms with Gasteiger partial charge in [-0.3, -0.25) is 0 Å². The van der Waals surface area contributed by atoms with Crippen molar-refractivity contribution in [1.82, 2.24) is 0 Å². The molecule has 0 spiro atoms. The second-order valence-corrected chi connectivity index (χ2v) is 5.85. The lowest BCUT2D eigenvalue weighted by atomic mass is 10.1. The molecule has 134 valence electrons. The molecule has 0 fully saturated rings. The highest BCUT2D eigenvalue weighted by molar-refractivity contribution is 5.33. The summed E-state index contributed by atoms with van der Waals surface area (Å²) in [6.07, 6.45) is -0.749. The molecule has 0 aliphatic rings. The normalized spacial score (nSPS) is 11.6. The first-order valence-electron chi connectivity index (χ1n) is 8.46. The largest absolute Gasteiger partial charge is 0.497 e. The van der Waals surface area contributed by atoms with Crippen LogP contribution in [0.5, 0.6) is 17.2 Å². The molecule has 0 heterocycles. The van der Waals surface area contributed by atoms with Crippen molar-refractivity contribution in [3.8, 4) is 17.2 Å². The third-order valence-corrected chi connectivity index (χ3v) is 3.94. The fourth-order valence-electron chi connectivity index (χ4n) is 2.51. The van der Waals surface area contributed by atoms with Crippen molar-refractivity contribution in [2.24, 2.45) is 0 Å². The van der Waals surface area contributed by atoms with Gasteiger partial charge in [-0.2, -0.15) is 0 Å². The van der Waals surface area contributed by atoms with Gasteiger partial charge in [0.15, 0.2) is 0 Å². The Labute approximate surface area is 153 Å². The molecular formula is C22H22O4. The van der Waals surface area contributed by atoms with Gasteiger partial charge in [0.05, 0.1) is 7.11 Å². The molecule has 1 atom stereocenters. The summed E-state index contributed by atoms with van der Waals surface area (Å²) in [5.74, 6) is 2.08. The van der Waals surface area contributed by atoms with Crippen molar-refractivity contribution >= 4 is 0 Å². The van der Waals surface area contributed by atoms with Crippen LogP contribution in [0.25, 0.3) is 0 Å². The molecule has 3 rings (SSSR count). The van der Waals surface area contributed by atoms with Crippen molar-refractivity contribution in [2.45, 2.75) is 12.7 Å². The van der Waals surface area contributed by atoms with Gasteiger partial charge >= 0.3 is 0 Å². The minimum atomic E-state index is -0.749. The molecule has 0 aromatic heterocycles. The number of hydrogen-bond acceptors (Lipinski definition) is 4. The Kier molecular flexibility index (Phi) is 6.12. The van der Waals surface area contributed by atoms with Gasteiger partial charge < -0.3 is 19.3 Å². The van der Waals surface area contributed by atoms with Crippen molar-refractivity contribution in [3.05, 3.63) is 90.0 Å². The van der Waals surface area contributed by atoms with Crippen LogP contribution < -0.4 is 14.2 Å². The average molecular weight is 350 g/mol. The second-order valence-electron chi connectivity index (χ2n) is 5.85. The Bertz CT molecular complexity index is 817. The Morgan fingerprint density at radius 1 is 0.769 bits per heavy atom. The molecule has 0 radical (unpaired) electrons. The van der Waals surface area contributed by atoms with E-state index in [9.17, 15) is 5.11 Å². The van der Waals surface area contributed by atoms with Gasteiger partial charge in [0.2, 0.25) is 0 Å². The van der Waals surface area contributed by atoms with Gasteiger partial charge in [-0.15, -0.1) is 0 Å². The van der Waals surface area contributed by atoms with E-state index in [1.165, 1.54) is 0 Å². The van der Waals surface area contributed by atoms with Crippen molar-refractivity contribution < 1.29 is 19.3 Å². The molecule has 0 bridgehead atoms. The quantitative estimate of drug-likeness (QED) is 0.655. The number of ether oxygens (including phenoxy) is 3. The number of aliphatic hydroxyl groups is 1. The fraction of sp³-hybridized carbons (Fsp3) is 0.182. The number of hydrogen-bond donors (Lipinski definition) is 1. The zero-order valence-electron chi connectivity index (χ0n) is 14.7. The molecule has 4 nitrogen and oxygen atoms in total. The van der Waals surface area contributed by atoms with Crippen LogP contribution >= 0.6 is 0 Å². The fourth-order valence-corrected chi connectivity index (χ4v) is 2.51. The first-order chi connectivity index (χ1) is 12.7. The zero-order valence-corrected chi connectivity index (χ0v) is 14.7. The van der Waals surface area contributed by atoms with E-state index in [0.29, 0.717) is 23.9 Å². The summed E-state index contributed by atoms with van der Waals surface area (Å²) < 4.78 is 16.6. The maximum absolute atomic E-state index is 10.4. The van der Waals surface area contributed by atoms with Crippen LogP contribution in [0, 0.1) is 0 Å². The topological polar surface area (TPSA) is 47.9 Å². The highest BCUT2D eigenvalue weighted by Crippen LogP contribution is 2.23. The summed E-state index contributed by atoms with van der Waals surface area (Å²) in [5, 5.41) is 10.4. The molecule has 0 aliphatic carbocycles. The first-order valence-corrected chi connectivity index (χ1v) is 8.46. The van der Waals surface area contributed by atoms with Crippen LogP contribution in [0.3, 0.4) is 0 Å². The Hall–Kier alpha value is -2.98. The maximum Gasteiger partial charge on any atom is 0.123 e. The van der Waals surface area contributed by atoms with Crippen LogP contribution in [0.4, 0.5) is 0 Å². The van der Waals surface area contributed by atoms with Gasteiger partial charge in [0.25, 0.3) is 0 Å². The number of aliphatic hydroxyl groups excluding tert-OH is 1. The molecule has 26 heavy (non-hydrogen) atoms. The van der Waals surface area contributed by atoms with E-state index in [2.05, 4.69) is 0 Å². The monoisotopic (exact) mass is 350 g/mol. The highest BCUT2D eigenvalue weighted by Gasteiger charge is 2.10. The molecule has 0 amide bonds. The van der Waals surface area contributed by atoms with E-state index in [1.54, 1.807) is 13.2 Å². The van der Waals surface area contributed by atoms with Crippen LogP contribution in [0.15, 0.2) is 78.9 Å². The minimum absolute atomic E-state index is 0.148. The molecule has 4 heteroatoms. The van der Waals surface area contributed by atoms with Crippen LogP contribution in [-0.4, -0.2) is 18.8 Å². The van der Waals surface area contributed by atoms with E-state index in [4.69, 9.17) is 14.2 Å². The molecule has 0 saturated carbocycles. The van der Waals surface area contributed by atoms with E-state index < -0.39 is 6.10 Å². The Balaban J connectivity index is 1.58. The molecular weight excluding hydrogens is 328 g/mol. The molecule has 3 aromatic carbocycles. The van der Waals surface area contributed by atoms with Crippen molar-refractivity contribution in [1.29, 1.82) is 0 Å². The predicted octanol–water partition coefficient (Wildman–Crippen LogP) is 4.39. The number of methoxy groups -OCH3 is 1. The second kappa shape index (κ2) is 8.92. The lowest BCUT2D eigenvalue weighted by Crippen LogP contribution is -2.10. The Morgan fingerprint density at radius 2 is 1.46 bits per heavy atom. The average Bonchev–Trinajstić information content (AvgIpc) is 2.71. The van der Waals surface area contributed by atoms with Crippen LogP contribution in [0.1, 0.15) is 17.2 Å². The summed E-state index contributed by atoms with van der Waals surface area (Å²) in [7, 11) is 1.61. The molecule has 1 unspecified atom stereocenters. The first kappa shape index (κ1) is 17.8. The van der Waals surface area contributed by atoms with Gasteiger partial charge in [-0.25, -0.2) is 0 Å². The third-order valence-electron chi connectivity index (χ3n) is 3.94. The maximum atomic E-state index is 10.4. The van der Waals surface area contributed by atoms with Gasteiger partial charge in [-0.1, -0.05) is 48.5 Å². The van der Waals surface area contributed by atoms with Gasteiger partial charge in [0, 0.05) is 6.07 Å². The number of rotatable bonds is 8. The summed E-state index contributed by atoms with van der Waals surface area (Å²) >= 11 is 0. The number of benzene rings is 3. The smallest absolute Gasteiger partial charge is 0.123 e. The lowest BCUT2D eigenvalue weighted by Gasteiger charge is -2.14. The standard InChI is InChI=1S/C22H22O4/c1-24-19-10-6-12-21(14-19)26-16-22(23)18-9-5-11-20(13-18)25-15-17-7-3-2-4-8-17/h2-14,22-23H,15-16H2,1H3. The van der Waals surface area contributed by atoms with Crippen molar-refractivity contribution in [3.63, 3.8) is 0 Å². The van der Waals surface area contributed by atoms with Gasteiger partial charge in [0.1, 0.15) is 36.6 Å². The summed E-state index contributed by atoms with van der Waals surface area (Å²) in [5.41, 5.74) is 1.85. The van der Waals surface area contributed by atoms with Crippen LogP contribution in [-0.2, 0) is 6.61 Å². The molecule has 1 N–H and O–H groups in total. The summed E-state index contributed by atoms with van der Waals surface area (Å²) in [6.45, 7) is 0.635. The van der Waals surface area contributed by atoms with E-state index in [1.807, 2.05) is 72.8 Å². The van der Waals surface area contributed by atoms with Crippen molar-refractivity contribution in [2.75, 3.05) is 13.7 Å². The van der Waals surface area contributed by atoms with E-state index in [0.717, 1.165) is 11.1 Å². The summed E-state index contributed by atoms with van der Waals surface area (Å²) in [4.78, 5) is 0. The zero-order chi connectivity index (χ0) is 18.2. The SMILES string of the molecule is COc1cccc(OCC(O)c2cccc(OCc3ccccc3)c2)c1. The molecule has 0 saturated heterocycles. The van der Waals surface area contributed by atoms with E-state index >= 15 is 0 Å². The summed E-state index contributed by atoms with van der Waals surface area (Å²) in [6, 6.07) is 24.7.